The smallest absolute Gasteiger partial charge is 0.232 e. The number of hydrogen-bond acceptors (Lipinski definition) is 2. The fourth-order valence-corrected chi connectivity index (χ4v) is 1.81. The van der Waals surface area contributed by atoms with E-state index in [0.29, 0.717) is 6.07 Å². The highest BCUT2D eigenvalue weighted by atomic mass is 79.9. The molecule has 0 bridgehead atoms. The van der Waals surface area contributed by atoms with E-state index in [-0.39, 0.29) is 0 Å². The third kappa shape index (κ3) is 2.91. The van der Waals surface area contributed by atoms with E-state index in [2.05, 4.69) is 20.9 Å². The topological polar surface area (TPSA) is 36.7 Å². The van der Waals surface area contributed by atoms with Gasteiger partial charge in [0.05, 0.1) is 0 Å². The summed E-state index contributed by atoms with van der Waals surface area (Å²) in [6.07, 6.45) is -7.97. The number of hydrogen-bond donors (Lipinski definition) is 0. The second-order valence-corrected chi connectivity index (χ2v) is 3.53. The van der Waals surface area contributed by atoms with Crippen LogP contribution < -0.4 is 0 Å². The van der Waals surface area contributed by atoms with Gasteiger partial charge in [-0.25, -0.2) is 13.8 Å². The van der Waals surface area contributed by atoms with Crippen LogP contribution in [-0.2, 0) is 11.5 Å². The number of nitrogens with zero attached hydrogens (tertiary/aromatic N) is 2. The molecule has 0 fully saturated rings. The van der Waals surface area contributed by atoms with Crippen molar-refractivity contribution in [2.45, 2.75) is 17.9 Å². The van der Waals surface area contributed by atoms with Crippen LogP contribution in [0.3, 0.4) is 0 Å². The summed E-state index contributed by atoms with van der Waals surface area (Å²) in [5.41, 5.74) is -3.62. The van der Waals surface area contributed by atoms with E-state index in [1.165, 1.54) is 6.07 Å². The average molecular weight is 315 g/mol. The molecule has 0 aliphatic rings. The van der Waals surface area contributed by atoms with Gasteiger partial charge in [0.15, 0.2) is 0 Å². The highest BCUT2D eigenvalue weighted by Gasteiger charge is 2.37. The van der Waals surface area contributed by atoms with Crippen LogP contribution in [0.1, 0.15) is 28.9 Å². The second kappa shape index (κ2) is 4.96. The van der Waals surface area contributed by atoms with E-state index in [1.54, 1.807) is 0 Å². The average Bonchev–Trinajstić information content (AvgIpc) is 2.25. The lowest BCUT2D eigenvalue weighted by Crippen LogP contribution is -2.14. The molecule has 0 spiro atoms. The van der Waals surface area contributed by atoms with Crippen LogP contribution >= 0.6 is 15.9 Å². The minimum absolute atomic E-state index is 0.416. The molecule has 1 aromatic rings. The summed E-state index contributed by atoms with van der Waals surface area (Å²) in [6.45, 7) is 0. The highest BCUT2D eigenvalue weighted by molar-refractivity contribution is 9.08. The molecule has 92 valence electrons. The normalized spacial score (nSPS) is 11.6. The first-order valence-electron chi connectivity index (χ1n) is 4.16. The Balaban J connectivity index is 3.58. The molecule has 0 atom stereocenters. The zero-order valence-electron chi connectivity index (χ0n) is 8.02. The molecular formula is C9H4BrF5N2. The Bertz CT molecular complexity index is 464. The predicted octanol–water partition coefficient (Wildman–Crippen LogP) is 3.80. The Labute approximate surface area is 101 Å². The summed E-state index contributed by atoms with van der Waals surface area (Å²) < 4.78 is 62.8. The maximum absolute atomic E-state index is 12.6. The molecule has 0 saturated heterocycles. The summed E-state index contributed by atoms with van der Waals surface area (Å²) in [5.74, 6) is 0. The highest BCUT2D eigenvalue weighted by Crippen LogP contribution is 2.36. The molecule has 2 nitrogen and oxygen atoms in total. The molecular weight excluding hydrogens is 311 g/mol. The van der Waals surface area contributed by atoms with Gasteiger partial charge in [-0.05, 0) is 6.07 Å². The van der Waals surface area contributed by atoms with Crippen molar-refractivity contribution in [2.24, 2.45) is 0 Å². The number of pyridine rings is 1. The van der Waals surface area contributed by atoms with Gasteiger partial charge in [-0.2, -0.15) is 18.4 Å². The van der Waals surface area contributed by atoms with Gasteiger partial charge >= 0.3 is 6.18 Å². The molecule has 1 rings (SSSR count). The van der Waals surface area contributed by atoms with Crippen molar-refractivity contribution in [3.8, 4) is 6.07 Å². The van der Waals surface area contributed by atoms with Crippen LogP contribution in [0.5, 0.6) is 0 Å². The minimum atomic E-state index is -4.88. The zero-order chi connectivity index (χ0) is 13.2. The first kappa shape index (κ1) is 13.8. The fourth-order valence-electron chi connectivity index (χ4n) is 1.22. The standard InChI is InChI=1S/C9H4BrF5N2/c10-2-6-5(8(11)12)1-4(3-16)17-7(6)9(13,14)15/h1,8H,2H2. The maximum Gasteiger partial charge on any atom is 0.433 e. The van der Waals surface area contributed by atoms with E-state index in [0.717, 1.165) is 0 Å². The van der Waals surface area contributed by atoms with E-state index >= 15 is 0 Å². The summed E-state index contributed by atoms with van der Waals surface area (Å²) in [5, 5.41) is 8.04. The minimum Gasteiger partial charge on any atom is -0.232 e. The SMILES string of the molecule is N#Cc1cc(C(F)F)c(CBr)c(C(F)(F)F)n1. The Morgan fingerprint density at radius 1 is 1.41 bits per heavy atom. The van der Waals surface area contributed by atoms with Crippen LogP contribution in [0, 0.1) is 11.3 Å². The lowest BCUT2D eigenvalue weighted by Gasteiger charge is -2.14. The Hall–Kier alpha value is -1.23. The summed E-state index contributed by atoms with van der Waals surface area (Å²) >= 11 is 2.71. The van der Waals surface area contributed by atoms with Gasteiger partial charge < -0.3 is 0 Å². The van der Waals surface area contributed by atoms with Crippen molar-refractivity contribution in [2.75, 3.05) is 0 Å². The van der Waals surface area contributed by atoms with Crippen molar-refractivity contribution in [3.05, 3.63) is 28.6 Å². The largest absolute Gasteiger partial charge is 0.433 e. The molecule has 0 unspecified atom stereocenters. The molecule has 0 N–H and O–H groups in total. The van der Waals surface area contributed by atoms with Crippen molar-refractivity contribution in [3.63, 3.8) is 0 Å². The van der Waals surface area contributed by atoms with Gasteiger partial charge in [-0.15, -0.1) is 0 Å². The molecule has 1 heterocycles. The van der Waals surface area contributed by atoms with E-state index in [9.17, 15) is 22.0 Å². The number of rotatable bonds is 2. The molecule has 0 radical (unpaired) electrons. The summed E-state index contributed by atoms with van der Waals surface area (Å²) in [7, 11) is 0. The van der Waals surface area contributed by atoms with Crippen molar-refractivity contribution < 1.29 is 22.0 Å². The summed E-state index contributed by atoms with van der Waals surface area (Å²) in [4.78, 5) is 3.03. The van der Waals surface area contributed by atoms with Gasteiger partial charge in [-0.1, -0.05) is 15.9 Å². The Kier molecular flexibility index (Phi) is 4.03. The fraction of sp³-hybridized carbons (Fsp3) is 0.333. The van der Waals surface area contributed by atoms with E-state index in [4.69, 9.17) is 5.26 Å². The summed E-state index contributed by atoms with van der Waals surface area (Å²) in [6, 6.07) is 1.99. The molecule has 0 aliphatic carbocycles. The van der Waals surface area contributed by atoms with Gasteiger partial charge in [0.25, 0.3) is 6.43 Å². The predicted molar refractivity (Wildman–Crippen MR) is 51.5 cm³/mol. The van der Waals surface area contributed by atoms with Crippen LogP contribution in [0.25, 0.3) is 0 Å². The third-order valence-corrected chi connectivity index (χ3v) is 2.47. The first-order chi connectivity index (χ1) is 7.81. The second-order valence-electron chi connectivity index (χ2n) is 2.97. The first-order valence-corrected chi connectivity index (χ1v) is 5.28. The number of aromatic nitrogens is 1. The lowest BCUT2D eigenvalue weighted by atomic mass is 10.1. The quantitative estimate of drug-likeness (QED) is 0.615. The molecule has 8 heteroatoms. The van der Waals surface area contributed by atoms with E-state index in [1.807, 2.05) is 0 Å². The lowest BCUT2D eigenvalue weighted by molar-refractivity contribution is -0.141. The Morgan fingerprint density at radius 2 is 2.00 bits per heavy atom. The molecule has 17 heavy (non-hydrogen) atoms. The monoisotopic (exact) mass is 314 g/mol. The van der Waals surface area contributed by atoms with Crippen molar-refractivity contribution in [1.29, 1.82) is 5.26 Å². The Morgan fingerprint density at radius 3 is 2.35 bits per heavy atom. The van der Waals surface area contributed by atoms with Crippen molar-refractivity contribution in [1.82, 2.24) is 4.98 Å². The van der Waals surface area contributed by atoms with Gasteiger partial charge in [0, 0.05) is 16.5 Å². The number of alkyl halides is 6. The molecule has 0 aromatic carbocycles. The number of halogens is 6. The van der Waals surface area contributed by atoms with Crippen LogP contribution in [0.4, 0.5) is 22.0 Å². The van der Waals surface area contributed by atoms with Crippen molar-refractivity contribution >= 4 is 15.9 Å². The zero-order valence-corrected chi connectivity index (χ0v) is 9.61. The van der Waals surface area contributed by atoms with Crippen LogP contribution in [-0.4, -0.2) is 4.98 Å². The van der Waals surface area contributed by atoms with Gasteiger partial charge in [0.1, 0.15) is 17.5 Å². The number of nitriles is 1. The van der Waals surface area contributed by atoms with Crippen LogP contribution in [0.15, 0.2) is 6.07 Å². The third-order valence-electron chi connectivity index (χ3n) is 1.91. The van der Waals surface area contributed by atoms with E-state index < -0.39 is 40.4 Å². The van der Waals surface area contributed by atoms with Gasteiger partial charge in [-0.3, -0.25) is 0 Å². The molecule has 0 amide bonds. The maximum atomic E-state index is 12.6. The molecule has 0 aliphatic heterocycles. The molecule has 1 aromatic heterocycles. The van der Waals surface area contributed by atoms with Gasteiger partial charge in [0.2, 0.25) is 0 Å². The van der Waals surface area contributed by atoms with Crippen LogP contribution in [0.2, 0.25) is 0 Å². The molecule has 0 saturated carbocycles.